The molecule has 70 valence electrons. The van der Waals surface area contributed by atoms with Gasteiger partial charge in [0.2, 0.25) is 0 Å². The SMILES string of the molecule is OCCC1COC1c1ccccc1. The van der Waals surface area contributed by atoms with Crippen LogP contribution < -0.4 is 0 Å². The van der Waals surface area contributed by atoms with E-state index in [-0.39, 0.29) is 12.7 Å². The average molecular weight is 178 g/mol. The standard InChI is InChI=1S/C11H14O2/c12-7-6-10-8-13-11(10)9-4-2-1-3-5-9/h1-5,10-12H,6-8H2. The minimum atomic E-state index is 0.216. The van der Waals surface area contributed by atoms with Crippen LogP contribution in [0.3, 0.4) is 0 Å². The molecule has 0 aliphatic carbocycles. The van der Waals surface area contributed by atoms with E-state index >= 15 is 0 Å². The molecule has 1 aliphatic heterocycles. The fourth-order valence-corrected chi connectivity index (χ4v) is 1.74. The van der Waals surface area contributed by atoms with Gasteiger partial charge in [0, 0.05) is 12.5 Å². The lowest BCUT2D eigenvalue weighted by Crippen LogP contribution is -2.32. The highest BCUT2D eigenvalue weighted by Gasteiger charge is 2.32. The van der Waals surface area contributed by atoms with Crippen LogP contribution in [0, 0.1) is 5.92 Å². The fourth-order valence-electron chi connectivity index (χ4n) is 1.74. The normalized spacial score (nSPS) is 26.8. The third-order valence-electron chi connectivity index (χ3n) is 2.55. The van der Waals surface area contributed by atoms with E-state index in [1.54, 1.807) is 0 Å². The molecule has 1 aliphatic rings. The Balaban J connectivity index is 2.02. The topological polar surface area (TPSA) is 29.5 Å². The van der Waals surface area contributed by atoms with Crippen LogP contribution in [0.25, 0.3) is 0 Å². The number of rotatable bonds is 3. The Hall–Kier alpha value is -0.860. The minimum absolute atomic E-state index is 0.216. The maximum atomic E-state index is 8.81. The van der Waals surface area contributed by atoms with E-state index in [0.717, 1.165) is 13.0 Å². The van der Waals surface area contributed by atoms with E-state index in [9.17, 15) is 0 Å². The van der Waals surface area contributed by atoms with Crippen molar-refractivity contribution in [3.63, 3.8) is 0 Å². The van der Waals surface area contributed by atoms with E-state index in [2.05, 4.69) is 12.1 Å². The highest BCUT2D eigenvalue weighted by atomic mass is 16.5. The molecule has 1 fully saturated rings. The van der Waals surface area contributed by atoms with Crippen LogP contribution in [0.4, 0.5) is 0 Å². The molecule has 0 radical (unpaired) electrons. The zero-order valence-electron chi connectivity index (χ0n) is 7.52. The molecule has 1 N–H and O–H groups in total. The molecule has 0 spiro atoms. The Bertz CT molecular complexity index is 258. The molecule has 0 aromatic heterocycles. The second kappa shape index (κ2) is 3.90. The first kappa shape index (κ1) is 8.73. The molecule has 2 rings (SSSR count). The smallest absolute Gasteiger partial charge is 0.0876 e. The van der Waals surface area contributed by atoms with Gasteiger partial charge in [-0.2, -0.15) is 0 Å². The molecule has 2 nitrogen and oxygen atoms in total. The summed E-state index contributed by atoms with van der Waals surface area (Å²) in [5, 5.41) is 8.81. The van der Waals surface area contributed by atoms with Gasteiger partial charge < -0.3 is 9.84 Å². The van der Waals surface area contributed by atoms with Crippen molar-refractivity contribution in [1.29, 1.82) is 0 Å². The van der Waals surface area contributed by atoms with Crippen LogP contribution in [0.15, 0.2) is 30.3 Å². The number of benzene rings is 1. The summed E-state index contributed by atoms with van der Waals surface area (Å²) in [5.41, 5.74) is 1.23. The Morgan fingerprint density at radius 2 is 2.08 bits per heavy atom. The lowest BCUT2D eigenvalue weighted by atomic mass is 9.89. The van der Waals surface area contributed by atoms with Gasteiger partial charge in [0.05, 0.1) is 12.7 Å². The van der Waals surface area contributed by atoms with Crippen molar-refractivity contribution >= 4 is 0 Å². The monoisotopic (exact) mass is 178 g/mol. The van der Waals surface area contributed by atoms with Crippen LogP contribution in [0.1, 0.15) is 18.1 Å². The Morgan fingerprint density at radius 1 is 1.31 bits per heavy atom. The maximum absolute atomic E-state index is 8.81. The molecule has 1 aromatic carbocycles. The van der Waals surface area contributed by atoms with Gasteiger partial charge in [-0.15, -0.1) is 0 Å². The minimum Gasteiger partial charge on any atom is -0.396 e. The third-order valence-corrected chi connectivity index (χ3v) is 2.55. The molecule has 1 heterocycles. The largest absolute Gasteiger partial charge is 0.396 e. The van der Waals surface area contributed by atoms with E-state index < -0.39 is 0 Å². The van der Waals surface area contributed by atoms with E-state index in [4.69, 9.17) is 9.84 Å². The lowest BCUT2D eigenvalue weighted by molar-refractivity contribution is -0.124. The Morgan fingerprint density at radius 3 is 2.62 bits per heavy atom. The summed E-state index contributed by atoms with van der Waals surface area (Å²) in [7, 11) is 0. The van der Waals surface area contributed by atoms with Crippen LogP contribution in [-0.2, 0) is 4.74 Å². The van der Waals surface area contributed by atoms with Gasteiger partial charge in [0.15, 0.2) is 0 Å². The molecule has 1 saturated heterocycles. The highest BCUT2D eigenvalue weighted by molar-refractivity contribution is 5.19. The number of aliphatic hydroxyl groups is 1. The highest BCUT2D eigenvalue weighted by Crippen LogP contribution is 2.36. The summed E-state index contributed by atoms with van der Waals surface area (Å²) in [6.45, 7) is 1.05. The van der Waals surface area contributed by atoms with Crippen molar-refractivity contribution in [2.75, 3.05) is 13.2 Å². The number of ether oxygens (including phenoxy) is 1. The molecule has 13 heavy (non-hydrogen) atoms. The van der Waals surface area contributed by atoms with Crippen LogP contribution in [0.5, 0.6) is 0 Å². The van der Waals surface area contributed by atoms with E-state index in [1.165, 1.54) is 5.56 Å². The zero-order chi connectivity index (χ0) is 9.10. The van der Waals surface area contributed by atoms with Crippen molar-refractivity contribution in [1.82, 2.24) is 0 Å². The third kappa shape index (κ3) is 1.74. The molecule has 2 heteroatoms. The Kier molecular flexibility index (Phi) is 2.62. The molecule has 2 atom stereocenters. The van der Waals surface area contributed by atoms with Gasteiger partial charge >= 0.3 is 0 Å². The summed E-state index contributed by atoms with van der Waals surface area (Å²) in [6.07, 6.45) is 1.06. The molecule has 2 unspecified atom stereocenters. The number of hydrogen-bond acceptors (Lipinski definition) is 2. The lowest BCUT2D eigenvalue weighted by Gasteiger charge is -2.36. The van der Waals surface area contributed by atoms with Crippen molar-refractivity contribution in [2.24, 2.45) is 5.92 Å². The predicted molar refractivity (Wildman–Crippen MR) is 50.3 cm³/mol. The first-order chi connectivity index (χ1) is 6.42. The summed E-state index contributed by atoms with van der Waals surface area (Å²) in [4.78, 5) is 0. The fraction of sp³-hybridized carbons (Fsp3) is 0.455. The van der Waals surface area contributed by atoms with E-state index in [1.807, 2.05) is 18.2 Å². The summed E-state index contributed by atoms with van der Waals surface area (Å²) in [5.74, 6) is 0.507. The zero-order valence-corrected chi connectivity index (χ0v) is 7.52. The second-order valence-electron chi connectivity index (χ2n) is 3.44. The van der Waals surface area contributed by atoms with Crippen LogP contribution in [-0.4, -0.2) is 18.3 Å². The first-order valence-electron chi connectivity index (χ1n) is 4.69. The summed E-state index contributed by atoms with van der Waals surface area (Å²) in [6, 6.07) is 10.2. The van der Waals surface area contributed by atoms with Gasteiger partial charge in [-0.05, 0) is 12.0 Å². The van der Waals surface area contributed by atoms with Gasteiger partial charge in [-0.1, -0.05) is 30.3 Å². The van der Waals surface area contributed by atoms with Crippen LogP contribution in [0.2, 0.25) is 0 Å². The number of aliphatic hydroxyl groups excluding tert-OH is 1. The first-order valence-corrected chi connectivity index (χ1v) is 4.69. The van der Waals surface area contributed by atoms with Gasteiger partial charge in [0.25, 0.3) is 0 Å². The molecular weight excluding hydrogens is 164 g/mol. The molecule has 0 amide bonds. The quantitative estimate of drug-likeness (QED) is 0.764. The predicted octanol–water partition coefficient (Wildman–Crippen LogP) is 1.76. The van der Waals surface area contributed by atoms with Gasteiger partial charge in [0.1, 0.15) is 0 Å². The maximum Gasteiger partial charge on any atom is 0.0876 e. The molecule has 0 bridgehead atoms. The summed E-state index contributed by atoms with van der Waals surface area (Å²) < 4.78 is 5.47. The average Bonchev–Trinajstić information content (AvgIpc) is 2.14. The van der Waals surface area contributed by atoms with Crippen molar-refractivity contribution in [3.05, 3.63) is 35.9 Å². The van der Waals surface area contributed by atoms with Crippen molar-refractivity contribution in [2.45, 2.75) is 12.5 Å². The second-order valence-corrected chi connectivity index (χ2v) is 3.44. The van der Waals surface area contributed by atoms with Crippen LogP contribution >= 0.6 is 0 Å². The van der Waals surface area contributed by atoms with Crippen molar-refractivity contribution in [3.8, 4) is 0 Å². The van der Waals surface area contributed by atoms with Gasteiger partial charge in [-0.3, -0.25) is 0 Å². The van der Waals surface area contributed by atoms with E-state index in [0.29, 0.717) is 5.92 Å². The van der Waals surface area contributed by atoms with Crippen molar-refractivity contribution < 1.29 is 9.84 Å². The molecule has 0 saturated carbocycles. The van der Waals surface area contributed by atoms with Gasteiger partial charge in [-0.25, -0.2) is 0 Å². The number of hydrogen-bond donors (Lipinski definition) is 1. The Labute approximate surface area is 78.2 Å². The molecular formula is C11H14O2. The summed E-state index contributed by atoms with van der Waals surface area (Å²) >= 11 is 0. The molecule has 1 aromatic rings.